The lowest BCUT2D eigenvalue weighted by molar-refractivity contribution is -0.0923. The summed E-state index contributed by atoms with van der Waals surface area (Å²) in [5.41, 5.74) is -0.852. The minimum atomic E-state index is -4.32. The Labute approximate surface area is 57.3 Å². The number of allylic oxidation sites excluding steroid dienone is 2. The van der Waals surface area contributed by atoms with Crippen molar-refractivity contribution in [2.24, 2.45) is 4.99 Å². The van der Waals surface area contributed by atoms with Crippen molar-refractivity contribution in [1.29, 1.82) is 0 Å². The Bertz CT molecular complexity index is 155. The Morgan fingerprint density at radius 2 is 1.80 bits per heavy atom. The molecular formula is C6H8F3N. The Balaban J connectivity index is 4.39. The molecule has 0 saturated heterocycles. The topological polar surface area (TPSA) is 12.4 Å². The summed E-state index contributed by atoms with van der Waals surface area (Å²) < 4.78 is 35.2. The Kier molecular flexibility index (Phi) is 3.12. The van der Waals surface area contributed by atoms with Gasteiger partial charge in [0, 0.05) is 6.21 Å². The Hall–Kier alpha value is -0.800. The fraction of sp³-hybridized carbons (Fsp3) is 0.500. The average molecular weight is 151 g/mol. The third-order valence-electron chi connectivity index (χ3n) is 0.832. The molecule has 1 nitrogen and oxygen atoms in total. The van der Waals surface area contributed by atoms with Crippen LogP contribution >= 0.6 is 0 Å². The molecule has 58 valence electrons. The molecule has 0 N–H and O–H groups in total. The van der Waals surface area contributed by atoms with Crippen LogP contribution in [0.15, 0.2) is 16.8 Å². The van der Waals surface area contributed by atoms with Crippen LogP contribution in [0.4, 0.5) is 13.2 Å². The molecule has 0 atom stereocenters. The highest BCUT2D eigenvalue weighted by atomic mass is 19.4. The highest BCUT2D eigenvalue weighted by Crippen LogP contribution is 2.25. The zero-order valence-corrected chi connectivity index (χ0v) is 5.74. The molecule has 0 unspecified atom stereocenters. The van der Waals surface area contributed by atoms with Gasteiger partial charge in [0.25, 0.3) is 0 Å². The number of halogens is 3. The maximum atomic E-state index is 11.7. The molecule has 0 aromatic carbocycles. The highest BCUT2D eigenvalue weighted by molar-refractivity contribution is 5.55. The number of nitrogens with zero attached hydrogens (tertiary/aromatic N) is 1. The first-order valence-electron chi connectivity index (χ1n) is 2.74. The zero-order chi connectivity index (χ0) is 8.20. The van der Waals surface area contributed by atoms with Crippen molar-refractivity contribution < 1.29 is 13.2 Å². The Morgan fingerprint density at radius 3 is 1.90 bits per heavy atom. The monoisotopic (exact) mass is 151 g/mol. The van der Waals surface area contributed by atoms with Crippen molar-refractivity contribution in [1.82, 2.24) is 0 Å². The van der Waals surface area contributed by atoms with Crippen LogP contribution in [0.3, 0.4) is 0 Å². The molecule has 4 heteroatoms. The van der Waals surface area contributed by atoms with Crippen molar-refractivity contribution in [3.05, 3.63) is 11.8 Å². The molecule has 0 aliphatic heterocycles. The van der Waals surface area contributed by atoms with E-state index in [0.29, 0.717) is 0 Å². The minimum absolute atomic E-state index is 0.852. The largest absolute Gasteiger partial charge is 0.432 e. The zero-order valence-electron chi connectivity index (χ0n) is 5.74. The number of rotatable bonds is 1. The van der Waals surface area contributed by atoms with Gasteiger partial charge in [-0.25, -0.2) is 0 Å². The molecule has 0 fully saturated rings. The number of aliphatic imine (C=N–C) groups is 1. The van der Waals surface area contributed by atoms with E-state index in [-0.39, 0.29) is 0 Å². The van der Waals surface area contributed by atoms with E-state index in [4.69, 9.17) is 0 Å². The lowest BCUT2D eigenvalue weighted by atomic mass is 10.4. The van der Waals surface area contributed by atoms with Gasteiger partial charge < -0.3 is 0 Å². The van der Waals surface area contributed by atoms with Gasteiger partial charge in [0.2, 0.25) is 0 Å². The van der Waals surface area contributed by atoms with Gasteiger partial charge >= 0.3 is 6.18 Å². The minimum Gasteiger partial charge on any atom is -0.257 e. The molecule has 0 aromatic heterocycles. The SMILES string of the molecule is CC=N/C(=C\C)C(F)(F)F. The molecule has 0 amide bonds. The van der Waals surface area contributed by atoms with Crippen molar-refractivity contribution >= 4 is 6.21 Å². The van der Waals surface area contributed by atoms with Gasteiger partial charge in [-0.15, -0.1) is 0 Å². The lowest BCUT2D eigenvalue weighted by Crippen LogP contribution is -2.09. The number of hydrogen-bond acceptors (Lipinski definition) is 1. The van der Waals surface area contributed by atoms with E-state index < -0.39 is 11.9 Å². The Morgan fingerprint density at radius 1 is 1.30 bits per heavy atom. The van der Waals surface area contributed by atoms with Gasteiger partial charge in [0.1, 0.15) is 5.70 Å². The van der Waals surface area contributed by atoms with Crippen LogP contribution in [0.2, 0.25) is 0 Å². The maximum absolute atomic E-state index is 11.7. The summed E-state index contributed by atoms with van der Waals surface area (Å²) in [6, 6.07) is 0. The van der Waals surface area contributed by atoms with Crippen molar-refractivity contribution in [2.75, 3.05) is 0 Å². The van der Waals surface area contributed by atoms with E-state index in [1.54, 1.807) is 0 Å². The van der Waals surface area contributed by atoms with Crippen molar-refractivity contribution in [2.45, 2.75) is 20.0 Å². The molecule has 0 spiro atoms. The molecule has 0 bridgehead atoms. The van der Waals surface area contributed by atoms with Gasteiger partial charge in [-0.05, 0) is 13.8 Å². The summed E-state index contributed by atoms with van der Waals surface area (Å²) in [6.45, 7) is 2.74. The van der Waals surface area contributed by atoms with Crippen LogP contribution in [0.5, 0.6) is 0 Å². The fourth-order valence-corrected chi connectivity index (χ4v) is 0.450. The normalized spacial score (nSPS) is 14.7. The van der Waals surface area contributed by atoms with Gasteiger partial charge in [-0.1, -0.05) is 6.08 Å². The third-order valence-corrected chi connectivity index (χ3v) is 0.832. The van der Waals surface area contributed by atoms with Crippen LogP contribution in [0.25, 0.3) is 0 Å². The van der Waals surface area contributed by atoms with Crippen LogP contribution in [-0.2, 0) is 0 Å². The first-order chi connectivity index (χ1) is 4.52. The maximum Gasteiger partial charge on any atom is 0.432 e. The summed E-state index contributed by atoms with van der Waals surface area (Å²) in [5.74, 6) is 0. The second-order valence-electron chi connectivity index (χ2n) is 1.56. The molecule has 0 radical (unpaired) electrons. The molecule has 0 heterocycles. The summed E-state index contributed by atoms with van der Waals surface area (Å²) in [6.07, 6.45) is -2.27. The average Bonchev–Trinajstić information content (AvgIpc) is 1.80. The molecule has 10 heavy (non-hydrogen) atoms. The van der Waals surface area contributed by atoms with E-state index in [9.17, 15) is 13.2 Å². The predicted molar refractivity (Wildman–Crippen MR) is 34.0 cm³/mol. The molecule has 0 saturated carbocycles. The first-order valence-corrected chi connectivity index (χ1v) is 2.74. The molecule has 0 aliphatic rings. The van der Waals surface area contributed by atoms with Gasteiger partial charge in [-0.3, -0.25) is 4.99 Å². The van der Waals surface area contributed by atoms with Crippen molar-refractivity contribution in [3.8, 4) is 0 Å². The van der Waals surface area contributed by atoms with Crippen molar-refractivity contribution in [3.63, 3.8) is 0 Å². The summed E-state index contributed by atoms with van der Waals surface area (Å²) in [7, 11) is 0. The molecule has 0 rings (SSSR count). The van der Waals surface area contributed by atoms with Crippen LogP contribution in [-0.4, -0.2) is 12.4 Å². The van der Waals surface area contributed by atoms with Gasteiger partial charge in [0.05, 0.1) is 0 Å². The number of hydrogen-bond donors (Lipinski definition) is 0. The van der Waals surface area contributed by atoms with E-state index in [1.807, 2.05) is 0 Å². The molecule has 0 aromatic rings. The van der Waals surface area contributed by atoms with E-state index >= 15 is 0 Å². The van der Waals surface area contributed by atoms with Gasteiger partial charge in [0.15, 0.2) is 0 Å². The summed E-state index contributed by atoms with van der Waals surface area (Å²) >= 11 is 0. The summed E-state index contributed by atoms with van der Waals surface area (Å²) in [4.78, 5) is 3.12. The van der Waals surface area contributed by atoms with Gasteiger partial charge in [-0.2, -0.15) is 13.2 Å². The first kappa shape index (κ1) is 9.20. The number of alkyl halides is 3. The third kappa shape index (κ3) is 2.66. The summed E-state index contributed by atoms with van der Waals surface area (Å²) in [5, 5.41) is 0. The van der Waals surface area contributed by atoms with Crippen LogP contribution < -0.4 is 0 Å². The predicted octanol–water partition coefficient (Wildman–Crippen LogP) is 2.54. The van der Waals surface area contributed by atoms with E-state index in [0.717, 1.165) is 12.3 Å². The highest BCUT2D eigenvalue weighted by Gasteiger charge is 2.32. The fourth-order valence-electron chi connectivity index (χ4n) is 0.450. The lowest BCUT2D eigenvalue weighted by Gasteiger charge is -2.04. The van der Waals surface area contributed by atoms with Crippen LogP contribution in [0.1, 0.15) is 13.8 Å². The van der Waals surface area contributed by atoms with E-state index in [2.05, 4.69) is 4.99 Å². The van der Waals surface area contributed by atoms with E-state index in [1.165, 1.54) is 13.8 Å². The second-order valence-corrected chi connectivity index (χ2v) is 1.56. The standard InChI is InChI=1S/C6H8F3N/c1-3-5(10-4-2)6(7,8)9/h3-4H,1-2H3/b5-3-,10-4?. The molecular weight excluding hydrogens is 143 g/mol. The smallest absolute Gasteiger partial charge is 0.257 e. The van der Waals surface area contributed by atoms with Crippen LogP contribution in [0, 0.1) is 0 Å². The quantitative estimate of drug-likeness (QED) is 0.510. The second kappa shape index (κ2) is 3.39. The molecule has 0 aliphatic carbocycles.